The van der Waals surface area contributed by atoms with Crippen molar-refractivity contribution < 1.29 is 0 Å². The van der Waals surface area contributed by atoms with Gasteiger partial charge in [-0.1, -0.05) is 0 Å². The van der Waals surface area contributed by atoms with Gasteiger partial charge in [0.1, 0.15) is 11.2 Å². The fourth-order valence-corrected chi connectivity index (χ4v) is 3.86. The third-order valence-electron chi connectivity index (χ3n) is 5.59. The van der Waals surface area contributed by atoms with Gasteiger partial charge >= 0.3 is 0 Å². The van der Waals surface area contributed by atoms with E-state index in [4.69, 9.17) is 4.98 Å². The number of pyridine rings is 4. The molecule has 0 bridgehead atoms. The molecule has 0 fully saturated rings. The Hall–Kier alpha value is -4.66. The van der Waals surface area contributed by atoms with Crippen LogP contribution in [-0.4, -0.2) is 54.2 Å². The lowest BCUT2D eigenvalue weighted by molar-refractivity contribution is 1.09. The van der Waals surface area contributed by atoms with Crippen molar-refractivity contribution in [2.45, 2.75) is 0 Å². The molecule has 6 heterocycles. The molecule has 9 nitrogen and oxygen atoms in total. The molecule has 0 unspecified atom stereocenters. The van der Waals surface area contributed by atoms with E-state index in [1.165, 1.54) is 0 Å². The highest BCUT2D eigenvalue weighted by Gasteiger charge is 2.17. The average Bonchev–Trinajstić information content (AvgIpc) is 3.48. The minimum atomic E-state index is 0.629. The summed E-state index contributed by atoms with van der Waals surface area (Å²) in [6.07, 6.45) is 10.8. The zero-order valence-electron chi connectivity index (χ0n) is 18.0. The molecule has 160 valence electrons. The predicted molar refractivity (Wildman–Crippen MR) is 128 cm³/mol. The van der Waals surface area contributed by atoms with Crippen molar-refractivity contribution in [2.75, 3.05) is 19.0 Å². The molecule has 6 rings (SSSR count). The number of nitrogens with zero attached hydrogens (tertiary/aromatic N) is 7. The Kier molecular flexibility index (Phi) is 4.32. The molecule has 6 aromatic rings. The van der Waals surface area contributed by atoms with Gasteiger partial charge in [0.25, 0.3) is 0 Å². The summed E-state index contributed by atoms with van der Waals surface area (Å²) >= 11 is 0. The molecule has 0 atom stereocenters. The molecule has 2 N–H and O–H groups in total. The van der Waals surface area contributed by atoms with Crippen LogP contribution >= 0.6 is 0 Å². The van der Waals surface area contributed by atoms with Crippen molar-refractivity contribution in [3.8, 4) is 33.8 Å². The minimum absolute atomic E-state index is 0.629. The molecule has 9 heteroatoms. The van der Waals surface area contributed by atoms with E-state index in [0.29, 0.717) is 22.8 Å². The van der Waals surface area contributed by atoms with Gasteiger partial charge in [-0.25, -0.2) is 15.0 Å². The van der Waals surface area contributed by atoms with Crippen molar-refractivity contribution >= 4 is 27.9 Å². The second-order valence-electron chi connectivity index (χ2n) is 7.90. The SMILES string of the molecule is CN(C)c1cncc(-c2cnc3[nH]nc(-c4nc5c(-c6ccncc6)ccnc5[nH]4)c3c2)c1. The topological polar surface area (TPSA) is 112 Å². The van der Waals surface area contributed by atoms with Crippen molar-refractivity contribution in [1.82, 2.24) is 40.1 Å². The first-order valence-corrected chi connectivity index (χ1v) is 10.4. The van der Waals surface area contributed by atoms with Crippen molar-refractivity contribution in [2.24, 2.45) is 0 Å². The van der Waals surface area contributed by atoms with Crippen LogP contribution in [0.2, 0.25) is 0 Å². The summed E-state index contributed by atoms with van der Waals surface area (Å²) in [4.78, 5) is 27.7. The number of imidazole rings is 1. The highest BCUT2D eigenvalue weighted by molar-refractivity contribution is 5.96. The lowest BCUT2D eigenvalue weighted by Crippen LogP contribution is -2.08. The van der Waals surface area contributed by atoms with Crippen LogP contribution in [0.25, 0.3) is 56.0 Å². The number of fused-ring (bicyclic) bond motifs is 2. The maximum atomic E-state index is 4.85. The van der Waals surface area contributed by atoms with Crippen LogP contribution < -0.4 is 4.90 Å². The highest BCUT2D eigenvalue weighted by atomic mass is 15.2. The second-order valence-corrected chi connectivity index (χ2v) is 7.90. The summed E-state index contributed by atoms with van der Waals surface area (Å²) in [5, 5.41) is 8.38. The van der Waals surface area contributed by atoms with Gasteiger partial charge in [-0.15, -0.1) is 0 Å². The molecule has 33 heavy (non-hydrogen) atoms. The predicted octanol–water partition coefficient (Wildman–Crippen LogP) is 4.09. The van der Waals surface area contributed by atoms with Gasteiger partial charge in [0.15, 0.2) is 17.1 Å². The Morgan fingerprint density at radius 2 is 1.64 bits per heavy atom. The monoisotopic (exact) mass is 433 g/mol. The number of hydrogen-bond acceptors (Lipinski definition) is 7. The van der Waals surface area contributed by atoms with Gasteiger partial charge in [0.2, 0.25) is 0 Å². The standard InChI is InChI=1S/C24H19N9/c1-33(2)17-9-15(11-26-13-17)16-10-19-21(31-32-22(19)28-12-16)24-29-20-18(5-8-27-23(20)30-24)14-3-6-25-7-4-14/h3-13H,1-2H3,(H,27,29,30)(H,28,31,32). The fourth-order valence-electron chi connectivity index (χ4n) is 3.86. The quantitative estimate of drug-likeness (QED) is 0.431. The molecule has 0 aliphatic heterocycles. The summed E-state index contributed by atoms with van der Waals surface area (Å²) in [6, 6.07) is 10.0. The molecule has 0 aliphatic carbocycles. The van der Waals surface area contributed by atoms with Crippen molar-refractivity contribution in [1.29, 1.82) is 0 Å². The van der Waals surface area contributed by atoms with E-state index in [0.717, 1.165) is 38.8 Å². The molecular formula is C24H19N9. The second kappa shape index (κ2) is 7.49. The van der Waals surface area contributed by atoms with Crippen LogP contribution in [0, 0.1) is 0 Å². The lowest BCUT2D eigenvalue weighted by atomic mass is 10.1. The Balaban J connectivity index is 1.48. The first kappa shape index (κ1) is 19.1. The van der Waals surface area contributed by atoms with E-state index in [1.54, 1.807) is 18.6 Å². The van der Waals surface area contributed by atoms with E-state index in [2.05, 4.69) is 47.2 Å². The molecule has 0 aliphatic rings. The molecule has 0 saturated heterocycles. The van der Waals surface area contributed by atoms with E-state index in [1.807, 2.05) is 55.8 Å². The molecular weight excluding hydrogens is 414 g/mol. The van der Waals surface area contributed by atoms with Gasteiger partial charge in [-0.3, -0.25) is 15.1 Å². The molecule has 0 aromatic carbocycles. The number of rotatable bonds is 4. The smallest absolute Gasteiger partial charge is 0.161 e. The number of nitrogens with one attached hydrogen (secondary N) is 2. The molecule has 0 spiro atoms. The van der Waals surface area contributed by atoms with Crippen LogP contribution in [0.3, 0.4) is 0 Å². The number of H-pyrrole nitrogens is 2. The molecule has 0 amide bonds. The normalized spacial score (nSPS) is 11.3. The van der Waals surface area contributed by atoms with Crippen molar-refractivity contribution in [3.63, 3.8) is 0 Å². The highest BCUT2D eigenvalue weighted by Crippen LogP contribution is 2.32. The summed E-state index contributed by atoms with van der Waals surface area (Å²) in [7, 11) is 3.98. The third kappa shape index (κ3) is 3.26. The third-order valence-corrected chi connectivity index (χ3v) is 5.59. The zero-order chi connectivity index (χ0) is 22.4. The number of anilines is 1. The zero-order valence-corrected chi connectivity index (χ0v) is 18.0. The molecule has 0 radical (unpaired) electrons. The molecule has 0 saturated carbocycles. The Labute approximate surface area is 188 Å². The van der Waals surface area contributed by atoms with Crippen LogP contribution in [0.15, 0.2) is 67.5 Å². The van der Waals surface area contributed by atoms with E-state index < -0.39 is 0 Å². The van der Waals surface area contributed by atoms with Gasteiger partial charge in [0.05, 0.1) is 17.3 Å². The minimum Gasteiger partial charge on any atom is -0.376 e. The van der Waals surface area contributed by atoms with Gasteiger partial charge in [-0.2, -0.15) is 5.10 Å². The van der Waals surface area contributed by atoms with Crippen LogP contribution in [0.1, 0.15) is 0 Å². The Morgan fingerprint density at radius 3 is 2.48 bits per heavy atom. The number of hydrogen-bond donors (Lipinski definition) is 2. The van der Waals surface area contributed by atoms with Gasteiger partial charge in [-0.05, 0) is 35.9 Å². The van der Waals surface area contributed by atoms with Gasteiger partial charge in [0, 0.05) is 61.8 Å². The lowest BCUT2D eigenvalue weighted by Gasteiger charge is -2.12. The van der Waals surface area contributed by atoms with E-state index in [9.17, 15) is 0 Å². The summed E-state index contributed by atoms with van der Waals surface area (Å²) in [5.74, 6) is 0.629. The fraction of sp³-hybridized carbons (Fsp3) is 0.0833. The van der Waals surface area contributed by atoms with Gasteiger partial charge < -0.3 is 9.88 Å². The first-order valence-electron chi connectivity index (χ1n) is 10.4. The maximum Gasteiger partial charge on any atom is 0.161 e. The van der Waals surface area contributed by atoms with Crippen LogP contribution in [-0.2, 0) is 0 Å². The van der Waals surface area contributed by atoms with E-state index >= 15 is 0 Å². The Bertz CT molecular complexity index is 1600. The first-order chi connectivity index (χ1) is 16.2. The van der Waals surface area contributed by atoms with Crippen molar-refractivity contribution in [3.05, 3.63) is 67.5 Å². The summed E-state index contributed by atoms with van der Waals surface area (Å²) in [6.45, 7) is 0. The van der Waals surface area contributed by atoms with E-state index in [-0.39, 0.29) is 0 Å². The summed E-state index contributed by atoms with van der Waals surface area (Å²) in [5.41, 5.74) is 7.82. The number of aromatic nitrogens is 8. The van der Waals surface area contributed by atoms with Crippen LogP contribution in [0.5, 0.6) is 0 Å². The largest absolute Gasteiger partial charge is 0.376 e. The average molecular weight is 433 g/mol. The maximum absolute atomic E-state index is 4.85. The number of aromatic amines is 2. The molecule has 6 aromatic heterocycles. The summed E-state index contributed by atoms with van der Waals surface area (Å²) < 4.78 is 0. The Morgan fingerprint density at radius 1 is 0.788 bits per heavy atom. The van der Waals surface area contributed by atoms with Crippen LogP contribution in [0.4, 0.5) is 5.69 Å².